The second-order valence-corrected chi connectivity index (χ2v) is 6.34. The van der Waals surface area contributed by atoms with Crippen molar-refractivity contribution in [2.45, 2.75) is 33.6 Å². The van der Waals surface area contributed by atoms with Crippen LogP contribution in [0, 0.1) is 13.8 Å². The van der Waals surface area contributed by atoms with E-state index >= 15 is 0 Å². The van der Waals surface area contributed by atoms with Crippen LogP contribution in [0.15, 0.2) is 4.79 Å². The largest absolute Gasteiger partial charge is 0.341 e. The van der Waals surface area contributed by atoms with Gasteiger partial charge in [0.2, 0.25) is 0 Å². The molecule has 0 bridgehead atoms. The van der Waals surface area contributed by atoms with E-state index in [1.54, 1.807) is 25.9 Å². The zero-order valence-electron chi connectivity index (χ0n) is 13.2. The van der Waals surface area contributed by atoms with Crippen LogP contribution in [-0.2, 0) is 7.05 Å². The van der Waals surface area contributed by atoms with Gasteiger partial charge in [-0.25, -0.2) is 4.98 Å². The van der Waals surface area contributed by atoms with Crippen molar-refractivity contribution in [2.24, 2.45) is 7.05 Å². The maximum absolute atomic E-state index is 12.5. The van der Waals surface area contributed by atoms with Crippen LogP contribution in [0.4, 0.5) is 0 Å². The van der Waals surface area contributed by atoms with Crippen LogP contribution >= 0.6 is 11.3 Å². The van der Waals surface area contributed by atoms with Gasteiger partial charge in [-0.05, 0) is 25.8 Å². The average molecular weight is 307 g/mol. The number of unbranched alkanes of at least 4 members (excludes halogenated alkanes) is 1. The first kappa shape index (κ1) is 15.7. The van der Waals surface area contributed by atoms with Gasteiger partial charge in [-0.2, -0.15) is 0 Å². The van der Waals surface area contributed by atoms with E-state index in [-0.39, 0.29) is 11.5 Å². The Morgan fingerprint density at radius 1 is 1.38 bits per heavy atom. The summed E-state index contributed by atoms with van der Waals surface area (Å²) in [5, 5.41) is 0.570. The van der Waals surface area contributed by atoms with Gasteiger partial charge in [-0.1, -0.05) is 13.3 Å². The Bertz CT molecular complexity index is 745. The highest BCUT2D eigenvalue weighted by Crippen LogP contribution is 2.28. The molecule has 114 valence electrons. The number of fused-ring (bicyclic) bond motifs is 1. The van der Waals surface area contributed by atoms with Crippen molar-refractivity contribution < 1.29 is 4.79 Å². The first-order valence-electron chi connectivity index (χ1n) is 7.10. The molecule has 0 fully saturated rings. The van der Waals surface area contributed by atoms with E-state index in [2.05, 4.69) is 11.9 Å². The molecule has 0 saturated carbocycles. The molecule has 5 nitrogen and oxygen atoms in total. The Kier molecular flexibility index (Phi) is 4.46. The van der Waals surface area contributed by atoms with Crippen molar-refractivity contribution in [1.82, 2.24) is 14.5 Å². The Balaban J connectivity index is 2.52. The second-order valence-electron chi connectivity index (χ2n) is 5.34. The molecule has 0 aromatic carbocycles. The van der Waals surface area contributed by atoms with E-state index in [0.29, 0.717) is 20.9 Å². The molecule has 0 unspecified atom stereocenters. The fourth-order valence-corrected chi connectivity index (χ4v) is 3.45. The standard InChI is InChI=1S/C15H21N3O2S/c1-6-7-8-17(4)15(20)12-9(2)11-13(21-12)16-10(3)18(5)14(11)19/h6-8H2,1-5H3. The summed E-state index contributed by atoms with van der Waals surface area (Å²) in [5.41, 5.74) is 0.665. The zero-order valence-corrected chi connectivity index (χ0v) is 14.0. The van der Waals surface area contributed by atoms with Crippen LogP contribution < -0.4 is 5.56 Å². The van der Waals surface area contributed by atoms with Gasteiger partial charge in [0.25, 0.3) is 11.5 Å². The number of hydrogen-bond donors (Lipinski definition) is 0. The van der Waals surface area contributed by atoms with Gasteiger partial charge < -0.3 is 4.90 Å². The third-order valence-corrected chi connectivity index (χ3v) is 4.96. The second kappa shape index (κ2) is 5.97. The van der Waals surface area contributed by atoms with Gasteiger partial charge in [0.05, 0.1) is 10.3 Å². The molecule has 0 aliphatic heterocycles. The highest BCUT2D eigenvalue weighted by atomic mass is 32.1. The minimum absolute atomic E-state index is 0.0244. The first-order chi connectivity index (χ1) is 9.88. The maximum Gasteiger partial charge on any atom is 0.264 e. The van der Waals surface area contributed by atoms with Gasteiger partial charge in [0.15, 0.2) is 0 Å². The van der Waals surface area contributed by atoms with Gasteiger partial charge in [-0.3, -0.25) is 14.2 Å². The quantitative estimate of drug-likeness (QED) is 0.872. The van der Waals surface area contributed by atoms with Crippen LogP contribution in [0.1, 0.15) is 40.8 Å². The zero-order chi connectivity index (χ0) is 15.7. The molecule has 0 saturated heterocycles. The van der Waals surface area contributed by atoms with Crippen LogP contribution in [0.25, 0.3) is 10.2 Å². The molecule has 0 spiro atoms. The minimum atomic E-state index is -0.0819. The number of carbonyl (C=O) groups excluding carboxylic acids is 1. The Morgan fingerprint density at radius 2 is 2.05 bits per heavy atom. The SMILES string of the molecule is CCCCN(C)C(=O)c1sc2nc(C)n(C)c(=O)c2c1C. The highest BCUT2D eigenvalue weighted by molar-refractivity contribution is 7.20. The molecule has 2 rings (SSSR count). The number of thiophene rings is 1. The molecular formula is C15H21N3O2S. The van der Waals surface area contributed by atoms with Crippen molar-refractivity contribution in [3.63, 3.8) is 0 Å². The van der Waals surface area contributed by atoms with Crippen LogP contribution in [0.2, 0.25) is 0 Å². The normalized spacial score (nSPS) is 11.1. The minimum Gasteiger partial charge on any atom is -0.341 e. The summed E-state index contributed by atoms with van der Waals surface area (Å²) >= 11 is 1.32. The maximum atomic E-state index is 12.5. The molecule has 2 aromatic heterocycles. The smallest absolute Gasteiger partial charge is 0.264 e. The van der Waals surface area contributed by atoms with Gasteiger partial charge in [0.1, 0.15) is 10.7 Å². The van der Waals surface area contributed by atoms with Crippen LogP contribution in [0.5, 0.6) is 0 Å². The van der Waals surface area contributed by atoms with Gasteiger partial charge in [0, 0.05) is 20.6 Å². The highest BCUT2D eigenvalue weighted by Gasteiger charge is 2.21. The van der Waals surface area contributed by atoms with Crippen molar-refractivity contribution in [2.75, 3.05) is 13.6 Å². The lowest BCUT2D eigenvalue weighted by Gasteiger charge is -2.15. The Morgan fingerprint density at radius 3 is 2.67 bits per heavy atom. The van der Waals surface area contributed by atoms with E-state index in [9.17, 15) is 9.59 Å². The predicted molar refractivity (Wildman–Crippen MR) is 86.2 cm³/mol. The third-order valence-electron chi connectivity index (χ3n) is 3.78. The summed E-state index contributed by atoms with van der Waals surface area (Å²) < 4.78 is 1.52. The lowest BCUT2D eigenvalue weighted by molar-refractivity contribution is 0.0797. The van der Waals surface area contributed by atoms with Gasteiger partial charge in [-0.15, -0.1) is 11.3 Å². The summed E-state index contributed by atoms with van der Waals surface area (Å²) in [5.74, 6) is 0.635. The van der Waals surface area contributed by atoms with Crippen molar-refractivity contribution >= 4 is 27.5 Å². The molecule has 6 heteroatoms. The van der Waals surface area contributed by atoms with E-state index in [1.807, 2.05) is 6.92 Å². The summed E-state index contributed by atoms with van der Waals surface area (Å²) in [4.78, 5) is 32.3. The summed E-state index contributed by atoms with van der Waals surface area (Å²) in [7, 11) is 3.51. The fourth-order valence-electron chi connectivity index (χ4n) is 2.24. The average Bonchev–Trinajstić information content (AvgIpc) is 2.78. The molecule has 0 aliphatic rings. The molecule has 0 aliphatic carbocycles. The van der Waals surface area contributed by atoms with Crippen molar-refractivity contribution in [1.29, 1.82) is 0 Å². The molecule has 2 aromatic rings. The summed E-state index contributed by atoms with van der Waals surface area (Å²) in [6, 6.07) is 0. The summed E-state index contributed by atoms with van der Waals surface area (Å²) in [6.45, 7) is 6.45. The number of rotatable bonds is 4. The number of hydrogen-bond acceptors (Lipinski definition) is 4. The van der Waals surface area contributed by atoms with Crippen LogP contribution in [0.3, 0.4) is 0 Å². The molecule has 21 heavy (non-hydrogen) atoms. The van der Waals surface area contributed by atoms with E-state index in [1.165, 1.54) is 15.9 Å². The molecule has 0 atom stereocenters. The van der Waals surface area contributed by atoms with E-state index in [0.717, 1.165) is 24.9 Å². The van der Waals surface area contributed by atoms with E-state index in [4.69, 9.17) is 0 Å². The summed E-state index contributed by atoms with van der Waals surface area (Å²) in [6.07, 6.45) is 2.02. The molecule has 0 radical (unpaired) electrons. The lowest BCUT2D eigenvalue weighted by atomic mass is 10.2. The molecule has 0 N–H and O–H groups in total. The topological polar surface area (TPSA) is 55.2 Å². The number of amides is 1. The lowest BCUT2D eigenvalue weighted by Crippen LogP contribution is -2.27. The molecular weight excluding hydrogens is 286 g/mol. The van der Waals surface area contributed by atoms with Crippen molar-refractivity contribution in [3.8, 4) is 0 Å². The number of nitrogens with zero attached hydrogens (tertiary/aromatic N) is 3. The third kappa shape index (κ3) is 2.72. The monoisotopic (exact) mass is 307 g/mol. The Labute approximate surface area is 128 Å². The number of carbonyl (C=O) groups is 1. The number of aromatic nitrogens is 2. The first-order valence-corrected chi connectivity index (χ1v) is 7.92. The predicted octanol–water partition coefficient (Wildman–Crippen LogP) is 2.48. The van der Waals surface area contributed by atoms with Crippen molar-refractivity contribution in [3.05, 3.63) is 26.6 Å². The molecule has 1 amide bonds. The Hall–Kier alpha value is -1.69. The molecule has 2 heterocycles. The van der Waals surface area contributed by atoms with Gasteiger partial charge >= 0.3 is 0 Å². The van der Waals surface area contributed by atoms with Crippen LogP contribution in [-0.4, -0.2) is 34.0 Å². The number of aryl methyl sites for hydroxylation is 2. The van der Waals surface area contributed by atoms with E-state index < -0.39 is 0 Å². The fraction of sp³-hybridized carbons (Fsp3) is 0.533.